The fourth-order valence-corrected chi connectivity index (χ4v) is 5.14. The van der Waals surface area contributed by atoms with E-state index >= 15 is 0 Å². The third kappa shape index (κ3) is 2.31. The van der Waals surface area contributed by atoms with Crippen LogP contribution in [0.15, 0.2) is 0 Å². The molecule has 0 heterocycles. The Morgan fingerprint density at radius 3 is 2.63 bits per heavy atom. The van der Waals surface area contributed by atoms with Crippen LogP contribution in [0, 0.1) is 35.5 Å². The van der Waals surface area contributed by atoms with E-state index in [4.69, 9.17) is 9.47 Å². The first-order chi connectivity index (χ1) is 9.10. The molecule has 0 saturated heterocycles. The third-order valence-electron chi connectivity index (χ3n) is 5.82. The monoisotopic (exact) mass is 266 g/mol. The lowest BCUT2D eigenvalue weighted by molar-refractivity contribution is -0.178. The Bertz CT molecular complexity index is 354. The normalized spacial score (nSPS) is 45.2. The highest BCUT2D eigenvalue weighted by molar-refractivity contribution is 5.73. The van der Waals surface area contributed by atoms with Crippen LogP contribution in [-0.2, 0) is 14.3 Å². The molecule has 7 unspecified atom stereocenters. The molecular formula is C16H26O3. The molecule has 19 heavy (non-hydrogen) atoms. The maximum absolute atomic E-state index is 12.2. The van der Waals surface area contributed by atoms with E-state index in [1.165, 1.54) is 12.8 Å². The van der Waals surface area contributed by atoms with E-state index in [0.717, 1.165) is 42.4 Å². The van der Waals surface area contributed by atoms with Crippen LogP contribution in [0.25, 0.3) is 0 Å². The summed E-state index contributed by atoms with van der Waals surface area (Å²) < 4.78 is 10.7. The summed E-state index contributed by atoms with van der Waals surface area (Å²) in [6.07, 6.45) is 4.55. The zero-order valence-corrected chi connectivity index (χ0v) is 12.3. The molecule has 0 aromatic carbocycles. The van der Waals surface area contributed by atoms with Crippen molar-refractivity contribution in [3.05, 3.63) is 0 Å². The molecule has 2 bridgehead atoms. The zero-order chi connectivity index (χ0) is 13.6. The predicted molar refractivity (Wildman–Crippen MR) is 72.3 cm³/mol. The lowest BCUT2D eigenvalue weighted by Gasteiger charge is -2.28. The number of esters is 1. The minimum Gasteiger partial charge on any atom is -0.436 e. The van der Waals surface area contributed by atoms with Crippen molar-refractivity contribution in [1.29, 1.82) is 0 Å². The molecule has 0 spiro atoms. The number of rotatable bonds is 4. The molecule has 3 nitrogen and oxygen atoms in total. The van der Waals surface area contributed by atoms with Gasteiger partial charge in [-0.05, 0) is 69.1 Å². The van der Waals surface area contributed by atoms with Gasteiger partial charge in [0.25, 0.3) is 0 Å². The van der Waals surface area contributed by atoms with E-state index in [1.807, 2.05) is 13.8 Å². The van der Waals surface area contributed by atoms with Crippen molar-refractivity contribution in [2.24, 2.45) is 35.5 Å². The molecule has 0 radical (unpaired) electrons. The van der Waals surface area contributed by atoms with Crippen molar-refractivity contribution in [2.75, 3.05) is 6.61 Å². The highest BCUT2D eigenvalue weighted by Gasteiger charge is 2.55. The zero-order valence-electron chi connectivity index (χ0n) is 12.3. The van der Waals surface area contributed by atoms with E-state index in [-0.39, 0.29) is 11.9 Å². The summed E-state index contributed by atoms with van der Waals surface area (Å²) in [7, 11) is 0. The summed E-state index contributed by atoms with van der Waals surface area (Å²) in [5, 5.41) is 0. The molecule has 3 fully saturated rings. The fourth-order valence-electron chi connectivity index (χ4n) is 5.14. The molecule has 7 atom stereocenters. The van der Waals surface area contributed by atoms with E-state index in [2.05, 4.69) is 6.92 Å². The van der Waals surface area contributed by atoms with Crippen molar-refractivity contribution in [1.82, 2.24) is 0 Å². The van der Waals surface area contributed by atoms with Gasteiger partial charge in [0, 0.05) is 6.61 Å². The number of hydrogen-bond acceptors (Lipinski definition) is 3. The van der Waals surface area contributed by atoms with Crippen LogP contribution in [0.5, 0.6) is 0 Å². The molecule has 3 saturated carbocycles. The van der Waals surface area contributed by atoms with E-state index in [1.54, 1.807) is 0 Å². The van der Waals surface area contributed by atoms with Gasteiger partial charge in [0.1, 0.15) is 0 Å². The minimum atomic E-state index is -0.395. The Labute approximate surface area is 116 Å². The number of hydrogen-bond donors (Lipinski definition) is 0. The second-order valence-corrected chi connectivity index (χ2v) is 6.83. The van der Waals surface area contributed by atoms with E-state index in [9.17, 15) is 4.79 Å². The topological polar surface area (TPSA) is 35.5 Å². The summed E-state index contributed by atoms with van der Waals surface area (Å²) >= 11 is 0. The van der Waals surface area contributed by atoms with Crippen molar-refractivity contribution in [3.63, 3.8) is 0 Å². The van der Waals surface area contributed by atoms with Crippen LogP contribution in [0.2, 0.25) is 0 Å². The number of carbonyl (C=O) groups excluding carboxylic acids is 1. The molecule has 0 aromatic heterocycles. The summed E-state index contributed by atoms with van der Waals surface area (Å²) in [6.45, 7) is 6.71. The van der Waals surface area contributed by atoms with Crippen LogP contribution in [-0.4, -0.2) is 18.9 Å². The largest absolute Gasteiger partial charge is 0.436 e. The fraction of sp³-hybridized carbons (Fsp3) is 0.938. The molecule has 3 aliphatic carbocycles. The molecular weight excluding hydrogens is 240 g/mol. The van der Waals surface area contributed by atoms with Gasteiger partial charge in [0.2, 0.25) is 0 Å². The maximum atomic E-state index is 12.2. The van der Waals surface area contributed by atoms with Gasteiger partial charge >= 0.3 is 5.97 Å². The van der Waals surface area contributed by atoms with Gasteiger partial charge in [-0.1, -0.05) is 6.92 Å². The minimum absolute atomic E-state index is 0.0256. The van der Waals surface area contributed by atoms with Crippen molar-refractivity contribution in [2.45, 2.75) is 52.7 Å². The molecule has 3 heteroatoms. The van der Waals surface area contributed by atoms with Gasteiger partial charge in [-0.3, -0.25) is 4.79 Å². The Morgan fingerprint density at radius 1 is 1.16 bits per heavy atom. The summed E-state index contributed by atoms with van der Waals surface area (Å²) in [4.78, 5) is 12.2. The second-order valence-electron chi connectivity index (χ2n) is 6.83. The first-order valence-corrected chi connectivity index (χ1v) is 7.92. The smallest absolute Gasteiger partial charge is 0.311 e. The molecule has 0 amide bonds. The highest BCUT2D eigenvalue weighted by Crippen LogP contribution is 2.62. The van der Waals surface area contributed by atoms with Gasteiger partial charge in [-0.2, -0.15) is 0 Å². The average Bonchev–Trinajstić information content (AvgIpc) is 2.98. The standard InChI is InChI=1S/C16H26O3/c1-4-18-10(3)19-16(17)12-7-14-11-5-9(2)13(6-11)15(14)8-12/h9-15H,4-8H2,1-3H3. The molecule has 0 N–H and O–H groups in total. The predicted octanol–water partition coefficient (Wildman–Crippen LogP) is 3.23. The summed E-state index contributed by atoms with van der Waals surface area (Å²) in [6, 6.07) is 0. The number of carbonyl (C=O) groups is 1. The highest BCUT2D eigenvalue weighted by atomic mass is 16.7. The quantitative estimate of drug-likeness (QED) is 0.579. The lowest BCUT2D eigenvalue weighted by Crippen LogP contribution is -2.24. The lowest BCUT2D eigenvalue weighted by atomic mass is 9.77. The van der Waals surface area contributed by atoms with Gasteiger partial charge < -0.3 is 9.47 Å². The van der Waals surface area contributed by atoms with Crippen molar-refractivity contribution >= 4 is 5.97 Å². The average molecular weight is 266 g/mol. The van der Waals surface area contributed by atoms with Gasteiger partial charge in [-0.15, -0.1) is 0 Å². The molecule has 0 aliphatic heterocycles. The van der Waals surface area contributed by atoms with Gasteiger partial charge in [-0.25, -0.2) is 0 Å². The van der Waals surface area contributed by atoms with E-state index < -0.39 is 6.29 Å². The Kier molecular flexibility index (Phi) is 3.59. The molecule has 0 aromatic rings. The molecule has 3 rings (SSSR count). The third-order valence-corrected chi connectivity index (χ3v) is 5.82. The Morgan fingerprint density at radius 2 is 1.89 bits per heavy atom. The van der Waals surface area contributed by atoms with Crippen LogP contribution < -0.4 is 0 Å². The van der Waals surface area contributed by atoms with E-state index in [0.29, 0.717) is 6.61 Å². The van der Waals surface area contributed by atoms with Crippen molar-refractivity contribution < 1.29 is 14.3 Å². The summed E-state index contributed by atoms with van der Waals surface area (Å²) in [5.41, 5.74) is 0. The van der Waals surface area contributed by atoms with Crippen LogP contribution >= 0.6 is 0 Å². The number of ether oxygens (including phenoxy) is 2. The molecule has 3 aliphatic rings. The van der Waals surface area contributed by atoms with Crippen LogP contribution in [0.3, 0.4) is 0 Å². The maximum Gasteiger partial charge on any atom is 0.311 e. The first-order valence-electron chi connectivity index (χ1n) is 7.92. The Balaban J connectivity index is 1.57. The number of fused-ring (bicyclic) bond motifs is 5. The first kappa shape index (κ1) is 13.4. The molecule has 108 valence electrons. The summed E-state index contributed by atoms with van der Waals surface area (Å²) in [5.74, 6) is 4.37. The second kappa shape index (κ2) is 5.08. The Hall–Kier alpha value is -0.570. The van der Waals surface area contributed by atoms with Crippen LogP contribution in [0.4, 0.5) is 0 Å². The van der Waals surface area contributed by atoms with Gasteiger partial charge in [0.05, 0.1) is 5.92 Å². The van der Waals surface area contributed by atoms with Crippen molar-refractivity contribution in [3.8, 4) is 0 Å². The SMILES string of the molecule is CCOC(C)OC(=O)C1CC2C3CC(C)C(C3)C2C1. The van der Waals surface area contributed by atoms with Gasteiger partial charge in [0.15, 0.2) is 6.29 Å². The van der Waals surface area contributed by atoms with Crippen LogP contribution in [0.1, 0.15) is 46.5 Å².